The van der Waals surface area contributed by atoms with Crippen LogP contribution in [0.15, 0.2) is 24.3 Å². The SMILES string of the molecule is CCOP(O)Cc1ccc2sc(C=O)cc2c1. The van der Waals surface area contributed by atoms with Crippen molar-refractivity contribution in [2.24, 2.45) is 0 Å². The second kappa shape index (κ2) is 5.69. The highest BCUT2D eigenvalue weighted by molar-refractivity contribution is 7.45. The van der Waals surface area contributed by atoms with Gasteiger partial charge in [-0.3, -0.25) is 4.79 Å². The van der Waals surface area contributed by atoms with Crippen LogP contribution in [-0.2, 0) is 10.7 Å². The second-order valence-corrected chi connectivity index (χ2v) is 5.96. The van der Waals surface area contributed by atoms with Gasteiger partial charge in [0.1, 0.15) is 0 Å². The third-order valence-corrected chi connectivity index (χ3v) is 4.55. The lowest BCUT2D eigenvalue weighted by atomic mass is 10.2. The minimum absolute atomic E-state index is 0.526. The molecule has 0 aliphatic carbocycles. The number of carbonyl (C=O) groups is 1. The Morgan fingerprint density at radius 3 is 3.00 bits per heavy atom. The van der Waals surface area contributed by atoms with Gasteiger partial charge >= 0.3 is 0 Å². The Morgan fingerprint density at radius 1 is 1.47 bits per heavy atom. The number of benzene rings is 1. The van der Waals surface area contributed by atoms with Gasteiger partial charge in [-0.2, -0.15) is 0 Å². The average molecular weight is 268 g/mol. The van der Waals surface area contributed by atoms with Gasteiger partial charge < -0.3 is 9.42 Å². The smallest absolute Gasteiger partial charge is 0.172 e. The number of fused-ring (bicyclic) bond motifs is 1. The lowest BCUT2D eigenvalue weighted by molar-refractivity contribution is 0.112. The van der Waals surface area contributed by atoms with E-state index in [4.69, 9.17) is 4.52 Å². The fraction of sp³-hybridized carbons (Fsp3) is 0.250. The summed E-state index contributed by atoms with van der Waals surface area (Å²) in [6, 6.07) is 7.83. The first-order chi connectivity index (χ1) is 8.22. The van der Waals surface area contributed by atoms with E-state index in [1.165, 1.54) is 11.3 Å². The van der Waals surface area contributed by atoms with Crippen LogP contribution < -0.4 is 0 Å². The zero-order chi connectivity index (χ0) is 12.3. The van der Waals surface area contributed by atoms with Crippen LogP contribution in [0.3, 0.4) is 0 Å². The van der Waals surface area contributed by atoms with Gasteiger partial charge in [0, 0.05) is 10.9 Å². The number of aldehydes is 1. The Bertz CT molecular complexity index is 523. The quantitative estimate of drug-likeness (QED) is 0.666. The van der Waals surface area contributed by atoms with E-state index in [9.17, 15) is 9.69 Å². The van der Waals surface area contributed by atoms with Crippen molar-refractivity contribution in [2.45, 2.75) is 13.1 Å². The van der Waals surface area contributed by atoms with Crippen molar-refractivity contribution in [3.05, 3.63) is 34.7 Å². The molecule has 0 spiro atoms. The maximum absolute atomic E-state index is 10.7. The summed E-state index contributed by atoms with van der Waals surface area (Å²) in [6.07, 6.45) is 1.40. The molecule has 2 rings (SSSR count). The van der Waals surface area contributed by atoms with Gasteiger partial charge in [0.15, 0.2) is 14.7 Å². The fourth-order valence-electron chi connectivity index (χ4n) is 1.62. The van der Waals surface area contributed by atoms with Gasteiger partial charge in [-0.15, -0.1) is 11.3 Å². The van der Waals surface area contributed by atoms with Crippen molar-refractivity contribution < 1.29 is 14.2 Å². The summed E-state index contributed by atoms with van der Waals surface area (Å²) in [7, 11) is -1.38. The molecule has 1 N–H and O–H groups in total. The maximum atomic E-state index is 10.7. The molecule has 2 aromatic rings. The molecule has 0 saturated carbocycles. The monoisotopic (exact) mass is 268 g/mol. The van der Waals surface area contributed by atoms with Gasteiger partial charge in [-0.25, -0.2) is 0 Å². The molecule has 90 valence electrons. The van der Waals surface area contributed by atoms with Crippen LogP contribution >= 0.6 is 19.7 Å². The van der Waals surface area contributed by atoms with Gasteiger partial charge in [-0.1, -0.05) is 6.07 Å². The summed E-state index contributed by atoms with van der Waals surface area (Å²) in [4.78, 5) is 21.0. The zero-order valence-corrected chi connectivity index (χ0v) is 11.1. The summed E-state index contributed by atoms with van der Waals surface area (Å²) in [6.45, 7) is 2.39. The molecule has 0 radical (unpaired) electrons. The van der Waals surface area contributed by atoms with E-state index in [0.29, 0.717) is 12.8 Å². The number of hydrogen-bond acceptors (Lipinski definition) is 4. The van der Waals surface area contributed by atoms with Gasteiger partial charge in [0.25, 0.3) is 0 Å². The predicted octanol–water partition coefficient (Wildman–Crippen LogP) is 3.55. The minimum atomic E-state index is -1.38. The Balaban J connectivity index is 2.21. The van der Waals surface area contributed by atoms with Gasteiger partial charge in [0.2, 0.25) is 0 Å². The summed E-state index contributed by atoms with van der Waals surface area (Å²) >= 11 is 1.48. The molecule has 0 bridgehead atoms. The lowest BCUT2D eigenvalue weighted by Gasteiger charge is -2.08. The van der Waals surface area contributed by atoms with Crippen LogP contribution in [0.4, 0.5) is 0 Å². The van der Waals surface area contributed by atoms with Crippen molar-refractivity contribution >= 4 is 36.1 Å². The molecular formula is C12H13O3PS. The van der Waals surface area contributed by atoms with Crippen LogP contribution in [0.1, 0.15) is 22.2 Å². The molecule has 1 atom stereocenters. The van der Waals surface area contributed by atoms with E-state index >= 15 is 0 Å². The summed E-state index contributed by atoms with van der Waals surface area (Å²) < 4.78 is 6.24. The van der Waals surface area contributed by atoms with Crippen molar-refractivity contribution in [1.29, 1.82) is 0 Å². The van der Waals surface area contributed by atoms with Crippen LogP contribution in [0.5, 0.6) is 0 Å². The maximum Gasteiger partial charge on any atom is 0.172 e. The Labute approximate surface area is 105 Å². The lowest BCUT2D eigenvalue weighted by Crippen LogP contribution is -1.88. The summed E-state index contributed by atoms with van der Waals surface area (Å²) in [5.74, 6) is 0. The highest BCUT2D eigenvalue weighted by atomic mass is 32.1. The molecule has 1 aromatic heterocycles. The van der Waals surface area contributed by atoms with Gasteiger partial charge in [-0.05, 0) is 36.1 Å². The second-order valence-electron chi connectivity index (χ2n) is 3.57. The van der Waals surface area contributed by atoms with Crippen molar-refractivity contribution in [2.75, 3.05) is 6.61 Å². The van der Waals surface area contributed by atoms with E-state index in [0.717, 1.165) is 26.8 Å². The molecule has 0 amide bonds. The Kier molecular flexibility index (Phi) is 4.24. The molecule has 5 heteroatoms. The number of carbonyl (C=O) groups excluding carboxylic acids is 1. The molecule has 3 nitrogen and oxygen atoms in total. The zero-order valence-electron chi connectivity index (χ0n) is 9.42. The molecule has 0 fully saturated rings. The number of thiophene rings is 1. The highest BCUT2D eigenvalue weighted by Gasteiger charge is 2.07. The van der Waals surface area contributed by atoms with Crippen molar-refractivity contribution in [3.63, 3.8) is 0 Å². The van der Waals surface area contributed by atoms with E-state index in [-0.39, 0.29) is 0 Å². The third kappa shape index (κ3) is 3.11. The molecule has 1 aromatic carbocycles. The van der Waals surface area contributed by atoms with Crippen LogP contribution in [-0.4, -0.2) is 17.8 Å². The Hall–Kier alpha value is -0.800. The molecule has 0 aliphatic heterocycles. The molecule has 1 heterocycles. The standard InChI is InChI=1S/C12H13O3PS/c1-2-15-16(14)8-9-3-4-12-10(5-9)6-11(7-13)17-12/h3-7,14H,2,8H2,1H3. The van der Waals surface area contributed by atoms with E-state index < -0.39 is 8.38 Å². The van der Waals surface area contributed by atoms with Crippen molar-refractivity contribution in [3.8, 4) is 0 Å². The average Bonchev–Trinajstić information content (AvgIpc) is 2.71. The molecular weight excluding hydrogens is 255 g/mol. The largest absolute Gasteiger partial charge is 0.350 e. The fourth-order valence-corrected chi connectivity index (χ4v) is 3.38. The van der Waals surface area contributed by atoms with Crippen molar-refractivity contribution in [1.82, 2.24) is 0 Å². The first kappa shape index (κ1) is 12.7. The third-order valence-electron chi connectivity index (χ3n) is 2.31. The van der Waals surface area contributed by atoms with Crippen LogP contribution in [0, 0.1) is 0 Å². The minimum Gasteiger partial charge on any atom is -0.350 e. The molecule has 0 aliphatic rings. The first-order valence-electron chi connectivity index (χ1n) is 5.30. The van der Waals surface area contributed by atoms with Gasteiger partial charge in [0.05, 0.1) is 11.5 Å². The first-order valence-corrected chi connectivity index (χ1v) is 7.51. The Morgan fingerprint density at radius 2 is 2.29 bits per heavy atom. The predicted molar refractivity (Wildman–Crippen MR) is 71.7 cm³/mol. The molecule has 17 heavy (non-hydrogen) atoms. The summed E-state index contributed by atoms with van der Waals surface area (Å²) in [5, 5.41) is 1.05. The summed E-state index contributed by atoms with van der Waals surface area (Å²) in [5.41, 5.74) is 1.04. The van der Waals surface area contributed by atoms with E-state index in [1.807, 2.05) is 31.2 Å². The topological polar surface area (TPSA) is 46.5 Å². The molecule has 1 unspecified atom stereocenters. The molecule has 0 saturated heterocycles. The number of rotatable bonds is 5. The van der Waals surface area contributed by atoms with Crippen LogP contribution in [0.25, 0.3) is 10.1 Å². The van der Waals surface area contributed by atoms with E-state index in [1.54, 1.807) is 0 Å². The number of hydrogen-bond donors (Lipinski definition) is 1. The highest BCUT2D eigenvalue weighted by Crippen LogP contribution is 2.37. The normalized spacial score (nSPS) is 12.8. The van der Waals surface area contributed by atoms with E-state index in [2.05, 4.69) is 0 Å². The van der Waals surface area contributed by atoms with Crippen LogP contribution in [0.2, 0.25) is 0 Å².